The Balaban J connectivity index is 4.09. The molecule has 82 heavy (non-hydrogen) atoms. The number of aliphatic hydroxyl groups is 1. The largest absolute Gasteiger partial charge is 0.756 e. The number of rotatable bonds is 64. The van der Waals surface area contributed by atoms with Gasteiger partial charge in [-0.1, -0.05) is 330 Å². The Morgan fingerprint density at radius 1 is 0.439 bits per heavy atom. The second kappa shape index (κ2) is 63.2. The number of likely N-dealkylation sites (N-methyl/N-ethyl adjacent to an activating group) is 1. The van der Waals surface area contributed by atoms with Gasteiger partial charge in [-0.25, -0.2) is 0 Å². The van der Waals surface area contributed by atoms with Crippen LogP contribution in [0.1, 0.15) is 322 Å². The lowest BCUT2D eigenvalue weighted by Crippen LogP contribution is -2.46. The summed E-state index contributed by atoms with van der Waals surface area (Å²) in [5.41, 5.74) is 0. The second-order valence-corrected chi connectivity index (χ2v) is 26.3. The lowest BCUT2D eigenvalue weighted by atomic mass is 10.0. The summed E-state index contributed by atoms with van der Waals surface area (Å²) in [6.07, 6.45) is 89.4. The average Bonchev–Trinajstić information content (AvgIpc) is 3.47. The highest BCUT2D eigenvalue weighted by molar-refractivity contribution is 7.45. The fraction of sp³-hybridized carbons (Fsp3) is 0.795. The van der Waals surface area contributed by atoms with Crippen molar-refractivity contribution in [3.63, 3.8) is 0 Å². The second-order valence-electron chi connectivity index (χ2n) is 24.9. The number of phosphoric ester groups is 1. The first-order valence-corrected chi connectivity index (χ1v) is 36.4. The fourth-order valence-corrected chi connectivity index (χ4v) is 11.0. The van der Waals surface area contributed by atoms with Crippen molar-refractivity contribution in [2.45, 2.75) is 334 Å². The van der Waals surface area contributed by atoms with Crippen LogP contribution in [0.5, 0.6) is 0 Å². The number of quaternary nitrogens is 1. The lowest BCUT2D eigenvalue weighted by molar-refractivity contribution is -0.870. The molecule has 3 unspecified atom stereocenters. The lowest BCUT2D eigenvalue weighted by Gasteiger charge is -2.30. The van der Waals surface area contributed by atoms with Crippen LogP contribution in [0, 0.1) is 0 Å². The van der Waals surface area contributed by atoms with E-state index >= 15 is 0 Å². The molecule has 2 N–H and O–H groups in total. The van der Waals surface area contributed by atoms with E-state index in [1.54, 1.807) is 0 Å². The molecular formula is C73H135N2O6P. The normalized spacial score (nSPS) is 14.2. The van der Waals surface area contributed by atoms with Crippen LogP contribution in [0.15, 0.2) is 85.1 Å². The molecule has 0 bridgehead atoms. The third kappa shape index (κ3) is 65.2. The first kappa shape index (κ1) is 79.7. The zero-order chi connectivity index (χ0) is 59.8. The van der Waals surface area contributed by atoms with Gasteiger partial charge in [-0.2, -0.15) is 0 Å². The standard InChI is InChI=1S/C73H135N2O6P/c1-6-8-10-12-14-16-18-20-22-24-26-28-30-32-34-36-37-39-41-43-45-47-49-51-53-55-57-59-61-63-65-67-73(77)74-71(70-81-82(78,79)80-69-68-75(3,4)5)72(76)66-64-62-60-58-56-54-52-50-48-46-44-42-40-38-35-33-31-29-27-25-23-21-19-17-15-13-11-9-7-2/h8,10,14,16,20,22,26,28,32,34,37,39,43,45,71-72,76H,6-7,9,11-13,15,17-19,21,23-25,27,29-31,33,35-36,38,40-42,44,46-70H2,1-5H3,(H-,74,77,78,79)/b10-8-,16-14-,22-20-,28-26-,34-32-,39-37-,45-43-. The molecule has 0 heterocycles. The quantitative estimate of drug-likeness (QED) is 0.0272. The summed E-state index contributed by atoms with van der Waals surface area (Å²) in [6, 6.07) is -0.811. The Morgan fingerprint density at radius 2 is 0.744 bits per heavy atom. The van der Waals surface area contributed by atoms with Gasteiger partial charge in [0.1, 0.15) is 13.2 Å². The third-order valence-electron chi connectivity index (χ3n) is 15.6. The molecule has 9 heteroatoms. The Morgan fingerprint density at radius 3 is 1.09 bits per heavy atom. The Hall–Kier alpha value is -2.32. The minimum Gasteiger partial charge on any atom is -0.756 e. The molecule has 0 aromatic heterocycles. The zero-order valence-electron chi connectivity index (χ0n) is 54.7. The molecule has 0 spiro atoms. The van der Waals surface area contributed by atoms with Gasteiger partial charge in [-0.15, -0.1) is 0 Å². The highest BCUT2D eigenvalue weighted by Crippen LogP contribution is 2.38. The highest BCUT2D eigenvalue weighted by Gasteiger charge is 2.24. The maximum Gasteiger partial charge on any atom is 0.268 e. The van der Waals surface area contributed by atoms with Gasteiger partial charge < -0.3 is 28.8 Å². The van der Waals surface area contributed by atoms with Gasteiger partial charge in [0.05, 0.1) is 39.9 Å². The maximum atomic E-state index is 13.1. The SMILES string of the molecule is CC/C=C\C/C=C\C/C=C\C/C=C\C/C=C\C/C=C\C/C=C\CCCCCCCCCCCC(=O)NC(COP(=O)([O-])OCC[N+](C)(C)C)C(O)CCCCCCCCCCCCCCCCCCCCCCCCCCCCCCC. The predicted molar refractivity (Wildman–Crippen MR) is 357 cm³/mol. The van der Waals surface area contributed by atoms with Crippen molar-refractivity contribution >= 4 is 13.7 Å². The number of nitrogens with zero attached hydrogens (tertiary/aromatic N) is 1. The summed E-state index contributed by atoms with van der Waals surface area (Å²) in [6.45, 7) is 4.64. The van der Waals surface area contributed by atoms with E-state index in [0.29, 0.717) is 23.9 Å². The molecule has 0 radical (unpaired) electrons. The molecule has 0 aliphatic heterocycles. The van der Waals surface area contributed by atoms with Crippen molar-refractivity contribution in [3.05, 3.63) is 85.1 Å². The third-order valence-corrected chi connectivity index (χ3v) is 16.6. The number of carbonyl (C=O) groups is 1. The highest BCUT2D eigenvalue weighted by atomic mass is 31.2. The number of phosphoric acid groups is 1. The number of allylic oxidation sites excluding steroid dienone is 14. The molecule has 1 amide bonds. The van der Waals surface area contributed by atoms with E-state index in [0.717, 1.165) is 89.9 Å². The summed E-state index contributed by atoms with van der Waals surface area (Å²) in [7, 11) is 1.30. The van der Waals surface area contributed by atoms with Crippen LogP contribution >= 0.6 is 7.82 Å². The first-order valence-electron chi connectivity index (χ1n) is 34.9. The van der Waals surface area contributed by atoms with E-state index in [-0.39, 0.29) is 19.1 Å². The van der Waals surface area contributed by atoms with Crippen LogP contribution in [0.2, 0.25) is 0 Å². The van der Waals surface area contributed by atoms with E-state index in [1.165, 1.54) is 205 Å². The fourth-order valence-electron chi connectivity index (χ4n) is 10.3. The predicted octanol–water partition coefficient (Wildman–Crippen LogP) is 21.7. The van der Waals surface area contributed by atoms with Gasteiger partial charge in [0.25, 0.3) is 7.82 Å². The van der Waals surface area contributed by atoms with Gasteiger partial charge in [0.2, 0.25) is 5.91 Å². The van der Waals surface area contributed by atoms with E-state index in [4.69, 9.17) is 9.05 Å². The molecule has 0 rings (SSSR count). The molecule has 0 fully saturated rings. The molecule has 0 aromatic carbocycles. The van der Waals surface area contributed by atoms with Crippen molar-refractivity contribution in [3.8, 4) is 0 Å². The van der Waals surface area contributed by atoms with Crippen LogP contribution in [0.4, 0.5) is 0 Å². The van der Waals surface area contributed by atoms with Gasteiger partial charge >= 0.3 is 0 Å². The summed E-state index contributed by atoms with van der Waals surface area (Å²) >= 11 is 0. The topological polar surface area (TPSA) is 108 Å². The Kier molecular flexibility index (Phi) is 61.4. The number of hydrogen-bond donors (Lipinski definition) is 2. The van der Waals surface area contributed by atoms with Crippen LogP contribution in [-0.4, -0.2) is 68.5 Å². The molecular weight excluding hydrogens is 1030 g/mol. The number of unbranched alkanes of at least 4 members (excludes halogenated alkanes) is 37. The summed E-state index contributed by atoms with van der Waals surface area (Å²) < 4.78 is 23.5. The van der Waals surface area contributed by atoms with E-state index in [1.807, 2.05) is 21.1 Å². The summed E-state index contributed by atoms with van der Waals surface area (Å²) in [5.74, 6) is -0.170. The van der Waals surface area contributed by atoms with Gasteiger partial charge in [0, 0.05) is 6.42 Å². The van der Waals surface area contributed by atoms with Crippen LogP contribution in [0.3, 0.4) is 0 Å². The van der Waals surface area contributed by atoms with E-state index < -0.39 is 20.0 Å². The van der Waals surface area contributed by atoms with Crippen LogP contribution in [0.25, 0.3) is 0 Å². The van der Waals surface area contributed by atoms with Crippen molar-refractivity contribution in [2.24, 2.45) is 0 Å². The number of carbonyl (C=O) groups excluding carboxylic acids is 1. The Labute approximate surface area is 509 Å². The Bertz CT molecular complexity index is 1610. The number of aliphatic hydroxyl groups excluding tert-OH is 1. The molecule has 478 valence electrons. The molecule has 0 aromatic rings. The van der Waals surface area contributed by atoms with Crippen molar-refractivity contribution < 1.29 is 32.9 Å². The molecule has 8 nitrogen and oxygen atoms in total. The van der Waals surface area contributed by atoms with E-state index in [2.05, 4.69) is 104 Å². The number of nitrogens with one attached hydrogen (secondary N) is 1. The number of hydrogen-bond acceptors (Lipinski definition) is 6. The van der Waals surface area contributed by atoms with Gasteiger partial charge in [0.15, 0.2) is 0 Å². The van der Waals surface area contributed by atoms with Crippen LogP contribution in [-0.2, 0) is 18.4 Å². The smallest absolute Gasteiger partial charge is 0.268 e. The monoisotopic (exact) mass is 1170 g/mol. The minimum atomic E-state index is -4.59. The maximum absolute atomic E-state index is 13.1. The van der Waals surface area contributed by atoms with Crippen molar-refractivity contribution in [1.82, 2.24) is 5.32 Å². The average molecular weight is 1170 g/mol. The minimum absolute atomic E-state index is 0.00788. The summed E-state index contributed by atoms with van der Waals surface area (Å²) in [5, 5.41) is 14.1. The molecule has 0 saturated heterocycles. The zero-order valence-corrected chi connectivity index (χ0v) is 55.6. The van der Waals surface area contributed by atoms with Crippen molar-refractivity contribution in [1.29, 1.82) is 0 Å². The van der Waals surface area contributed by atoms with Gasteiger partial charge in [-0.3, -0.25) is 9.36 Å². The van der Waals surface area contributed by atoms with Gasteiger partial charge in [-0.05, 0) is 70.6 Å². The van der Waals surface area contributed by atoms with E-state index in [9.17, 15) is 19.4 Å². The molecule has 0 aliphatic carbocycles. The first-order chi connectivity index (χ1) is 40.0. The van der Waals surface area contributed by atoms with Crippen molar-refractivity contribution in [2.75, 3.05) is 40.9 Å². The number of amides is 1. The van der Waals surface area contributed by atoms with Crippen LogP contribution < -0.4 is 10.2 Å². The summed E-state index contributed by atoms with van der Waals surface area (Å²) in [4.78, 5) is 25.7. The molecule has 0 aliphatic rings. The molecule has 0 saturated carbocycles. The molecule has 3 atom stereocenters.